The zero-order chi connectivity index (χ0) is 13.4. The molecule has 1 aliphatic rings. The number of pyridine rings is 1. The molecule has 1 fully saturated rings. The van der Waals surface area contributed by atoms with Gasteiger partial charge in [0.05, 0.1) is 25.3 Å². The highest BCUT2D eigenvalue weighted by Crippen LogP contribution is 2.22. The molecule has 0 aliphatic carbocycles. The largest absolute Gasteiger partial charge is 0.376 e. The Morgan fingerprint density at radius 2 is 2.16 bits per heavy atom. The molecule has 1 atom stereocenters. The maximum absolute atomic E-state index is 12.4. The number of aromatic nitrogens is 1. The van der Waals surface area contributed by atoms with Crippen LogP contribution in [0.3, 0.4) is 0 Å². The third-order valence-electron chi connectivity index (χ3n) is 3.38. The average Bonchev–Trinajstić information content (AvgIpc) is 2.43. The zero-order valence-electron chi connectivity index (χ0n) is 10.6. The third-order valence-corrected chi connectivity index (χ3v) is 4.05. The van der Waals surface area contributed by atoms with Gasteiger partial charge < -0.3 is 14.0 Å². The van der Waals surface area contributed by atoms with Gasteiger partial charge in [-0.1, -0.05) is 0 Å². The molecule has 4 nitrogen and oxygen atoms in total. The van der Waals surface area contributed by atoms with E-state index in [1.165, 1.54) is 0 Å². The first kappa shape index (κ1) is 13.1. The lowest BCUT2D eigenvalue weighted by molar-refractivity contribution is -0.0907. The predicted octanol–water partition coefficient (Wildman–Crippen LogP) is 2.23. The second-order valence-corrected chi connectivity index (χ2v) is 5.85. The molecule has 5 heteroatoms. The van der Waals surface area contributed by atoms with Gasteiger partial charge in [-0.15, -0.1) is 0 Å². The van der Waals surface area contributed by atoms with E-state index >= 15 is 0 Å². The Kier molecular flexibility index (Phi) is 3.60. The molecule has 100 valence electrons. The monoisotopic (exact) mass is 371 g/mol. The van der Waals surface area contributed by atoms with Crippen molar-refractivity contribution in [1.82, 2.24) is 4.57 Å². The highest BCUT2D eigenvalue weighted by molar-refractivity contribution is 14.1. The van der Waals surface area contributed by atoms with Crippen LogP contribution in [-0.2, 0) is 16.5 Å². The minimum absolute atomic E-state index is 0.00999. The minimum atomic E-state index is -0.255. The van der Waals surface area contributed by atoms with E-state index in [0.717, 1.165) is 14.5 Å². The van der Waals surface area contributed by atoms with E-state index < -0.39 is 0 Å². The number of aryl methyl sites for hydroxylation is 1. The van der Waals surface area contributed by atoms with Crippen LogP contribution in [0, 0.1) is 3.57 Å². The Morgan fingerprint density at radius 1 is 1.32 bits per heavy atom. The Bertz CT molecular complexity index is 674. The van der Waals surface area contributed by atoms with Gasteiger partial charge in [-0.05, 0) is 52.2 Å². The number of nitrogens with zero attached hydrogens (tertiary/aromatic N) is 1. The van der Waals surface area contributed by atoms with Crippen LogP contribution >= 0.6 is 22.6 Å². The van der Waals surface area contributed by atoms with Crippen LogP contribution in [0.15, 0.2) is 29.1 Å². The molecule has 0 spiro atoms. The first-order valence-corrected chi connectivity index (χ1v) is 7.23. The molecule has 0 saturated carbocycles. The molecule has 0 bridgehead atoms. The molecule has 1 unspecified atom stereocenters. The molecule has 2 aromatic rings. The topological polar surface area (TPSA) is 40.5 Å². The van der Waals surface area contributed by atoms with Crippen molar-refractivity contribution in [3.05, 3.63) is 43.8 Å². The summed E-state index contributed by atoms with van der Waals surface area (Å²) >= 11 is 2.27. The van der Waals surface area contributed by atoms with Gasteiger partial charge in [-0.3, -0.25) is 4.79 Å². The number of halogens is 1. The number of ether oxygens (including phenoxy) is 2. The van der Waals surface area contributed by atoms with Gasteiger partial charge >= 0.3 is 0 Å². The van der Waals surface area contributed by atoms with Crippen molar-refractivity contribution in [3.63, 3.8) is 0 Å². The van der Waals surface area contributed by atoms with Crippen molar-refractivity contribution in [1.29, 1.82) is 0 Å². The van der Waals surface area contributed by atoms with E-state index in [0.29, 0.717) is 25.4 Å². The second kappa shape index (κ2) is 5.22. The van der Waals surface area contributed by atoms with Crippen LogP contribution in [0.4, 0.5) is 0 Å². The maximum atomic E-state index is 12.4. The van der Waals surface area contributed by atoms with Crippen molar-refractivity contribution in [2.24, 2.45) is 7.05 Å². The lowest BCUT2D eigenvalue weighted by Gasteiger charge is -2.23. The quantitative estimate of drug-likeness (QED) is 0.722. The third kappa shape index (κ3) is 2.42. The van der Waals surface area contributed by atoms with Crippen molar-refractivity contribution in [2.45, 2.75) is 6.10 Å². The normalized spacial score (nSPS) is 19.8. The highest BCUT2D eigenvalue weighted by Gasteiger charge is 2.21. The molecule has 1 saturated heterocycles. The van der Waals surface area contributed by atoms with Crippen molar-refractivity contribution in [2.75, 3.05) is 19.8 Å². The van der Waals surface area contributed by atoms with Crippen LogP contribution < -0.4 is 5.56 Å². The number of rotatable bonds is 1. The Balaban J connectivity index is 2.19. The van der Waals surface area contributed by atoms with Gasteiger partial charge in [-0.2, -0.15) is 0 Å². The van der Waals surface area contributed by atoms with E-state index in [1.54, 1.807) is 11.6 Å². The molecule has 1 aliphatic heterocycles. The van der Waals surface area contributed by atoms with Crippen LogP contribution in [0.1, 0.15) is 11.7 Å². The fraction of sp³-hybridized carbons (Fsp3) is 0.357. The molecule has 1 aromatic carbocycles. The summed E-state index contributed by atoms with van der Waals surface area (Å²) in [5.41, 5.74) is 1.60. The summed E-state index contributed by atoms with van der Waals surface area (Å²) in [5, 5.41) is 1.05. The number of benzene rings is 1. The van der Waals surface area contributed by atoms with E-state index in [9.17, 15) is 4.79 Å². The molecule has 0 amide bonds. The smallest absolute Gasteiger partial charge is 0.256 e. The molecule has 2 heterocycles. The van der Waals surface area contributed by atoms with Crippen molar-refractivity contribution in [3.8, 4) is 0 Å². The minimum Gasteiger partial charge on any atom is -0.376 e. The summed E-state index contributed by atoms with van der Waals surface area (Å²) in [6.45, 7) is 1.59. The molecule has 3 rings (SSSR count). The molecule has 1 aromatic heterocycles. The summed E-state index contributed by atoms with van der Waals surface area (Å²) in [5.74, 6) is 0. The van der Waals surface area contributed by atoms with Crippen LogP contribution in [0.2, 0.25) is 0 Å². The lowest BCUT2D eigenvalue weighted by atomic mass is 10.1. The summed E-state index contributed by atoms with van der Waals surface area (Å²) in [4.78, 5) is 12.4. The Morgan fingerprint density at radius 3 is 2.89 bits per heavy atom. The molecular formula is C14H14INO3. The van der Waals surface area contributed by atoms with Crippen LogP contribution in [0.25, 0.3) is 10.9 Å². The van der Waals surface area contributed by atoms with Gasteiger partial charge in [-0.25, -0.2) is 0 Å². The van der Waals surface area contributed by atoms with Gasteiger partial charge in [0.2, 0.25) is 0 Å². The lowest BCUT2D eigenvalue weighted by Crippen LogP contribution is -2.30. The van der Waals surface area contributed by atoms with E-state index in [1.807, 2.05) is 18.2 Å². The van der Waals surface area contributed by atoms with Gasteiger partial charge in [0, 0.05) is 16.2 Å². The highest BCUT2D eigenvalue weighted by atomic mass is 127. The Hall–Kier alpha value is -0.920. The first-order valence-electron chi connectivity index (χ1n) is 6.15. The van der Waals surface area contributed by atoms with E-state index in [2.05, 4.69) is 28.7 Å². The van der Waals surface area contributed by atoms with Gasteiger partial charge in [0.15, 0.2) is 0 Å². The predicted molar refractivity (Wildman–Crippen MR) is 81.4 cm³/mol. The molecule has 0 N–H and O–H groups in total. The van der Waals surface area contributed by atoms with E-state index in [4.69, 9.17) is 9.47 Å². The molecule has 19 heavy (non-hydrogen) atoms. The van der Waals surface area contributed by atoms with Crippen LogP contribution in [0.5, 0.6) is 0 Å². The first-order chi connectivity index (χ1) is 9.16. The van der Waals surface area contributed by atoms with Crippen LogP contribution in [-0.4, -0.2) is 24.4 Å². The SMILES string of the molecule is Cn1c(=O)c(C2COCCO2)cc2cc(I)ccc21. The van der Waals surface area contributed by atoms with Crippen molar-refractivity contribution < 1.29 is 9.47 Å². The maximum Gasteiger partial charge on any atom is 0.256 e. The van der Waals surface area contributed by atoms with Crippen molar-refractivity contribution >= 4 is 33.5 Å². The summed E-state index contributed by atoms with van der Waals surface area (Å²) in [7, 11) is 1.80. The summed E-state index contributed by atoms with van der Waals surface area (Å²) in [6.07, 6.45) is -0.255. The second-order valence-electron chi connectivity index (χ2n) is 4.60. The number of hydrogen-bond acceptors (Lipinski definition) is 3. The standard InChI is InChI=1S/C14H14INO3/c1-16-12-3-2-10(15)6-9(12)7-11(14(16)17)13-8-18-4-5-19-13/h2-3,6-7,13H,4-5,8H2,1H3. The fourth-order valence-electron chi connectivity index (χ4n) is 2.38. The van der Waals surface area contributed by atoms with Gasteiger partial charge in [0.25, 0.3) is 5.56 Å². The Labute approximate surface area is 124 Å². The summed E-state index contributed by atoms with van der Waals surface area (Å²) in [6, 6.07) is 7.98. The number of fused-ring (bicyclic) bond motifs is 1. The molecule has 0 radical (unpaired) electrons. The van der Waals surface area contributed by atoms with Gasteiger partial charge in [0.1, 0.15) is 6.10 Å². The zero-order valence-corrected chi connectivity index (χ0v) is 12.7. The number of hydrogen-bond donors (Lipinski definition) is 0. The molecular weight excluding hydrogens is 357 g/mol. The fourth-order valence-corrected chi connectivity index (χ4v) is 2.89. The summed E-state index contributed by atoms with van der Waals surface area (Å²) < 4.78 is 13.9. The van der Waals surface area contributed by atoms with E-state index in [-0.39, 0.29) is 11.7 Å². The average molecular weight is 371 g/mol.